The molecule has 0 aromatic heterocycles. The smallest absolute Gasteiger partial charge is 0.178 e. The molecule has 0 heterocycles. The van der Waals surface area contributed by atoms with Crippen LogP contribution in [-0.4, -0.2) is 12.3 Å². The lowest BCUT2D eigenvalue weighted by atomic mass is 10.1. The normalized spacial score (nSPS) is 9.83. The molecule has 0 saturated carbocycles. The first-order chi connectivity index (χ1) is 5.66. The van der Waals surface area contributed by atoms with Crippen LogP contribution in [0.2, 0.25) is 0 Å². The topological polar surface area (TPSA) is 69.1 Å². The maximum atomic E-state index is 11.2. The van der Waals surface area contributed by atoms with E-state index in [1.807, 2.05) is 13.0 Å². The van der Waals surface area contributed by atoms with Crippen LogP contribution in [0, 0.1) is 6.92 Å². The molecule has 1 rings (SSSR count). The molecule has 3 nitrogen and oxygen atoms in total. The summed E-state index contributed by atoms with van der Waals surface area (Å²) in [7, 11) is 0. The first kappa shape index (κ1) is 8.74. The Morgan fingerprint density at radius 3 is 2.75 bits per heavy atom. The highest BCUT2D eigenvalue weighted by Crippen LogP contribution is 2.16. The Kier molecular flexibility index (Phi) is 2.45. The van der Waals surface area contributed by atoms with Gasteiger partial charge >= 0.3 is 0 Å². The van der Waals surface area contributed by atoms with Gasteiger partial charge < -0.3 is 11.5 Å². The summed E-state index contributed by atoms with van der Waals surface area (Å²) in [5.74, 6) is -0.115. The molecule has 0 fully saturated rings. The molecule has 64 valence electrons. The average molecular weight is 164 g/mol. The number of rotatable bonds is 2. The number of nitrogens with two attached hydrogens (primary N) is 2. The van der Waals surface area contributed by atoms with Gasteiger partial charge in [-0.05, 0) is 18.6 Å². The standard InChI is InChI=1S/C9H12N2O/c1-6-3-2-4-7(9(6)11)8(12)5-10/h2-4H,5,10-11H2,1H3. The van der Waals surface area contributed by atoms with E-state index in [0.717, 1.165) is 5.56 Å². The number of aryl methyl sites for hydroxylation is 1. The van der Waals surface area contributed by atoms with E-state index >= 15 is 0 Å². The van der Waals surface area contributed by atoms with Gasteiger partial charge in [0, 0.05) is 11.3 Å². The minimum atomic E-state index is -0.115. The van der Waals surface area contributed by atoms with Crippen LogP contribution in [0.5, 0.6) is 0 Å². The first-order valence-corrected chi connectivity index (χ1v) is 3.75. The van der Waals surface area contributed by atoms with Gasteiger partial charge in [0.15, 0.2) is 5.78 Å². The number of hydrogen-bond donors (Lipinski definition) is 2. The molecule has 12 heavy (non-hydrogen) atoms. The second-order valence-electron chi connectivity index (χ2n) is 2.66. The van der Waals surface area contributed by atoms with Crippen LogP contribution in [0.15, 0.2) is 18.2 Å². The van der Waals surface area contributed by atoms with Crippen molar-refractivity contribution in [2.24, 2.45) is 5.73 Å². The van der Waals surface area contributed by atoms with Crippen LogP contribution in [0.3, 0.4) is 0 Å². The lowest BCUT2D eigenvalue weighted by molar-refractivity contribution is 0.100. The number of carbonyl (C=O) groups is 1. The van der Waals surface area contributed by atoms with Crippen LogP contribution in [-0.2, 0) is 0 Å². The van der Waals surface area contributed by atoms with E-state index in [2.05, 4.69) is 0 Å². The van der Waals surface area contributed by atoms with E-state index in [0.29, 0.717) is 11.3 Å². The Bertz CT molecular complexity index is 307. The minimum Gasteiger partial charge on any atom is -0.398 e. The van der Waals surface area contributed by atoms with Crippen LogP contribution in [0.4, 0.5) is 5.69 Å². The van der Waals surface area contributed by atoms with Gasteiger partial charge in [-0.3, -0.25) is 4.79 Å². The maximum Gasteiger partial charge on any atom is 0.178 e. The van der Waals surface area contributed by atoms with E-state index in [-0.39, 0.29) is 12.3 Å². The summed E-state index contributed by atoms with van der Waals surface area (Å²) in [4.78, 5) is 11.2. The van der Waals surface area contributed by atoms with Gasteiger partial charge in [0.1, 0.15) is 0 Å². The molecule has 0 saturated heterocycles. The Hall–Kier alpha value is -1.35. The molecule has 0 atom stereocenters. The van der Waals surface area contributed by atoms with Crippen LogP contribution >= 0.6 is 0 Å². The molecule has 0 aliphatic heterocycles. The van der Waals surface area contributed by atoms with Crippen molar-refractivity contribution < 1.29 is 4.79 Å². The van der Waals surface area contributed by atoms with E-state index in [9.17, 15) is 4.79 Å². The molecule has 1 aromatic carbocycles. The zero-order chi connectivity index (χ0) is 9.14. The van der Waals surface area contributed by atoms with Gasteiger partial charge in [-0.15, -0.1) is 0 Å². The summed E-state index contributed by atoms with van der Waals surface area (Å²) in [6, 6.07) is 5.36. The summed E-state index contributed by atoms with van der Waals surface area (Å²) >= 11 is 0. The molecule has 0 aliphatic rings. The average Bonchev–Trinajstić information content (AvgIpc) is 2.08. The highest BCUT2D eigenvalue weighted by molar-refractivity contribution is 6.02. The molecular weight excluding hydrogens is 152 g/mol. The summed E-state index contributed by atoms with van der Waals surface area (Å²) in [6.07, 6.45) is 0. The largest absolute Gasteiger partial charge is 0.398 e. The Morgan fingerprint density at radius 2 is 2.17 bits per heavy atom. The lowest BCUT2D eigenvalue weighted by Crippen LogP contribution is -2.15. The fourth-order valence-electron chi connectivity index (χ4n) is 1.03. The number of para-hydroxylation sites is 1. The quantitative estimate of drug-likeness (QED) is 0.500. The SMILES string of the molecule is Cc1cccc(C(=O)CN)c1N. The molecule has 0 amide bonds. The minimum absolute atomic E-state index is 0.00759. The summed E-state index contributed by atoms with van der Waals surface area (Å²) in [5, 5.41) is 0. The molecule has 0 radical (unpaired) electrons. The van der Waals surface area contributed by atoms with Crippen molar-refractivity contribution in [2.75, 3.05) is 12.3 Å². The monoisotopic (exact) mass is 164 g/mol. The molecule has 0 unspecified atom stereocenters. The second kappa shape index (κ2) is 3.36. The summed E-state index contributed by atoms with van der Waals surface area (Å²) in [5.41, 5.74) is 12.9. The number of carbonyl (C=O) groups excluding carboxylic acids is 1. The Balaban J connectivity index is 3.16. The van der Waals surface area contributed by atoms with Crippen molar-refractivity contribution >= 4 is 11.5 Å². The fourth-order valence-corrected chi connectivity index (χ4v) is 1.03. The first-order valence-electron chi connectivity index (χ1n) is 3.75. The number of nitrogen functional groups attached to an aromatic ring is 1. The second-order valence-corrected chi connectivity index (χ2v) is 2.66. The molecule has 1 aromatic rings. The summed E-state index contributed by atoms with van der Waals surface area (Å²) in [6.45, 7) is 1.87. The summed E-state index contributed by atoms with van der Waals surface area (Å²) < 4.78 is 0. The Labute approximate surface area is 71.4 Å². The maximum absolute atomic E-state index is 11.2. The third-order valence-corrected chi connectivity index (χ3v) is 1.81. The van der Waals surface area contributed by atoms with Gasteiger partial charge in [-0.1, -0.05) is 12.1 Å². The third-order valence-electron chi connectivity index (χ3n) is 1.81. The van der Waals surface area contributed by atoms with Gasteiger partial charge in [0.05, 0.1) is 6.54 Å². The predicted octanol–water partition coefficient (Wildman–Crippen LogP) is 0.719. The van der Waals surface area contributed by atoms with Crippen LogP contribution in [0.25, 0.3) is 0 Å². The molecule has 0 bridgehead atoms. The van der Waals surface area contributed by atoms with E-state index in [1.54, 1.807) is 12.1 Å². The van der Waals surface area contributed by atoms with E-state index in [1.165, 1.54) is 0 Å². The highest BCUT2D eigenvalue weighted by atomic mass is 16.1. The molecular formula is C9H12N2O. The van der Waals surface area contributed by atoms with Crippen molar-refractivity contribution in [1.29, 1.82) is 0 Å². The van der Waals surface area contributed by atoms with Crippen molar-refractivity contribution in [3.63, 3.8) is 0 Å². The molecule has 0 spiro atoms. The lowest BCUT2D eigenvalue weighted by Gasteiger charge is -2.04. The van der Waals surface area contributed by atoms with Crippen LogP contribution < -0.4 is 11.5 Å². The van der Waals surface area contributed by atoms with Gasteiger partial charge in [0.2, 0.25) is 0 Å². The van der Waals surface area contributed by atoms with Crippen LogP contribution in [0.1, 0.15) is 15.9 Å². The number of ketones is 1. The number of hydrogen-bond acceptors (Lipinski definition) is 3. The zero-order valence-corrected chi connectivity index (χ0v) is 7.00. The fraction of sp³-hybridized carbons (Fsp3) is 0.222. The third kappa shape index (κ3) is 1.46. The van der Waals surface area contributed by atoms with Crippen molar-refractivity contribution in [1.82, 2.24) is 0 Å². The van der Waals surface area contributed by atoms with E-state index < -0.39 is 0 Å². The van der Waals surface area contributed by atoms with Crippen molar-refractivity contribution in [3.05, 3.63) is 29.3 Å². The van der Waals surface area contributed by atoms with Gasteiger partial charge in [-0.25, -0.2) is 0 Å². The number of benzene rings is 1. The molecule has 0 aliphatic carbocycles. The zero-order valence-electron chi connectivity index (χ0n) is 7.00. The van der Waals surface area contributed by atoms with Gasteiger partial charge in [0.25, 0.3) is 0 Å². The van der Waals surface area contributed by atoms with Crippen molar-refractivity contribution in [3.8, 4) is 0 Å². The highest BCUT2D eigenvalue weighted by Gasteiger charge is 2.07. The predicted molar refractivity (Wildman–Crippen MR) is 49.0 cm³/mol. The van der Waals surface area contributed by atoms with E-state index in [4.69, 9.17) is 11.5 Å². The molecule has 3 heteroatoms. The number of anilines is 1. The number of Topliss-reactive ketones (excluding diaryl/α,β-unsaturated/α-hetero) is 1. The Morgan fingerprint density at radius 1 is 1.50 bits per heavy atom. The van der Waals surface area contributed by atoms with Crippen molar-refractivity contribution in [2.45, 2.75) is 6.92 Å². The molecule has 4 N–H and O–H groups in total. The van der Waals surface area contributed by atoms with Gasteiger partial charge in [-0.2, -0.15) is 0 Å².